The summed E-state index contributed by atoms with van der Waals surface area (Å²) in [5.41, 5.74) is 1.91. The predicted molar refractivity (Wildman–Crippen MR) is 137 cm³/mol. The third-order valence-corrected chi connectivity index (χ3v) is 7.24. The predicted octanol–water partition coefficient (Wildman–Crippen LogP) is 4.34. The van der Waals surface area contributed by atoms with Crippen molar-refractivity contribution >= 4 is 28.6 Å². The number of ether oxygens (including phenoxy) is 2. The Morgan fingerprint density at radius 3 is 2.80 bits per heavy atom. The van der Waals surface area contributed by atoms with E-state index in [0.717, 1.165) is 19.3 Å². The monoisotopic (exact) mass is 491 g/mol. The lowest BCUT2D eigenvalue weighted by molar-refractivity contribution is -0.118. The van der Waals surface area contributed by atoms with Gasteiger partial charge >= 0.3 is 0 Å². The largest absolute Gasteiger partial charge is 0.486 e. The summed E-state index contributed by atoms with van der Waals surface area (Å²) in [5.74, 6) is 1.48. The van der Waals surface area contributed by atoms with Gasteiger partial charge in [0.15, 0.2) is 22.8 Å². The molecule has 1 aliphatic carbocycles. The molecular weight excluding hydrogens is 462 g/mol. The van der Waals surface area contributed by atoms with Crippen LogP contribution in [-0.2, 0) is 11.3 Å². The molecule has 3 aromatic rings. The van der Waals surface area contributed by atoms with Crippen LogP contribution in [-0.4, -0.2) is 40.5 Å². The standard InChI is InChI=1S/C27H29N3O4S/c31-25(28-15-14-19-8-2-1-3-9-19)18-35-27-29-22-11-5-4-10-21(22)26(32)30(27)16-20-17-33-23-12-6-7-13-24(23)34-20/h4-8,10-13,20H,1-3,9,14-18H2,(H,28,31)/t20-/m0/s1. The van der Waals surface area contributed by atoms with Gasteiger partial charge in [0.05, 0.1) is 23.2 Å². The minimum Gasteiger partial charge on any atom is -0.486 e. The molecule has 35 heavy (non-hydrogen) atoms. The molecule has 0 unspecified atom stereocenters. The van der Waals surface area contributed by atoms with Crippen molar-refractivity contribution in [1.29, 1.82) is 0 Å². The normalized spacial score (nSPS) is 17.1. The molecule has 2 aliphatic rings. The maximum absolute atomic E-state index is 13.4. The third-order valence-electron chi connectivity index (χ3n) is 6.27. The summed E-state index contributed by atoms with van der Waals surface area (Å²) in [6, 6.07) is 14.8. The van der Waals surface area contributed by atoms with Gasteiger partial charge < -0.3 is 14.8 Å². The quantitative estimate of drug-likeness (QED) is 0.287. The number of nitrogens with one attached hydrogen (secondary N) is 1. The molecule has 5 rings (SSSR count). The summed E-state index contributed by atoms with van der Waals surface area (Å²) in [7, 11) is 0. The lowest BCUT2D eigenvalue weighted by Gasteiger charge is -2.27. The molecule has 8 heteroatoms. The van der Waals surface area contributed by atoms with Crippen LogP contribution < -0.4 is 20.3 Å². The van der Waals surface area contributed by atoms with Gasteiger partial charge in [-0.15, -0.1) is 0 Å². The SMILES string of the molecule is O=C(CSc1nc2ccccc2c(=O)n1C[C@H]1COc2ccccc2O1)NCCC1=CCCCC1. The van der Waals surface area contributed by atoms with Crippen molar-refractivity contribution in [3.05, 3.63) is 70.5 Å². The Balaban J connectivity index is 1.29. The van der Waals surface area contributed by atoms with E-state index in [-0.39, 0.29) is 29.9 Å². The van der Waals surface area contributed by atoms with Crippen molar-refractivity contribution in [1.82, 2.24) is 14.9 Å². The average molecular weight is 492 g/mol. The first-order valence-corrected chi connectivity index (χ1v) is 13.1. The lowest BCUT2D eigenvalue weighted by Crippen LogP contribution is -2.37. The molecule has 2 aromatic carbocycles. The molecular formula is C27H29N3O4S. The summed E-state index contributed by atoms with van der Waals surface area (Å²) >= 11 is 1.27. The van der Waals surface area contributed by atoms with Gasteiger partial charge in [-0.25, -0.2) is 4.98 Å². The minimum absolute atomic E-state index is 0.0634. The molecule has 0 spiro atoms. The Hall–Kier alpha value is -3.26. The molecule has 1 N–H and O–H groups in total. The van der Waals surface area contributed by atoms with Crippen molar-refractivity contribution in [2.45, 2.75) is 49.9 Å². The number of para-hydroxylation sites is 3. The highest BCUT2D eigenvalue weighted by molar-refractivity contribution is 7.99. The van der Waals surface area contributed by atoms with Crippen LogP contribution in [0.2, 0.25) is 0 Å². The summed E-state index contributed by atoms with van der Waals surface area (Å²) in [4.78, 5) is 30.6. The summed E-state index contributed by atoms with van der Waals surface area (Å²) in [6.07, 6.45) is 7.64. The molecule has 0 saturated heterocycles. The summed E-state index contributed by atoms with van der Waals surface area (Å²) < 4.78 is 13.5. The number of allylic oxidation sites excluding steroid dienone is 1. The van der Waals surface area contributed by atoms with Gasteiger partial charge in [0.25, 0.3) is 5.56 Å². The number of carbonyl (C=O) groups excluding carboxylic acids is 1. The van der Waals surface area contributed by atoms with E-state index in [1.54, 1.807) is 10.6 Å². The molecule has 2 heterocycles. The maximum atomic E-state index is 13.4. The first-order valence-electron chi connectivity index (χ1n) is 12.1. The zero-order valence-electron chi connectivity index (χ0n) is 19.6. The van der Waals surface area contributed by atoms with E-state index in [9.17, 15) is 9.59 Å². The lowest BCUT2D eigenvalue weighted by atomic mass is 9.97. The number of amides is 1. The number of thioether (sulfide) groups is 1. The first kappa shape index (κ1) is 23.5. The Morgan fingerprint density at radius 1 is 1.11 bits per heavy atom. The molecule has 182 valence electrons. The van der Waals surface area contributed by atoms with Crippen LogP contribution in [0.1, 0.15) is 32.1 Å². The Kier molecular flexibility index (Phi) is 7.37. The van der Waals surface area contributed by atoms with E-state index in [4.69, 9.17) is 14.5 Å². The van der Waals surface area contributed by atoms with Gasteiger partial charge in [-0.3, -0.25) is 14.2 Å². The zero-order valence-corrected chi connectivity index (χ0v) is 20.4. The highest BCUT2D eigenvalue weighted by Gasteiger charge is 2.24. The summed E-state index contributed by atoms with van der Waals surface area (Å²) in [5, 5.41) is 4.05. The van der Waals surface area contributed by atoms with Gasteiger partial charge in [0.1, 0.15) is 6.61 Å². The van der Waals surface area contributed by atoms with Crippen molar-refractivity contribution in [2.75, 3.05) is 18.9 Å². The Labute approximate surface area is 208 Å². The number of aromatic nitrogens is 2. The number of nitrogens with zero attached hydrogens (tertiary/aromatic N) is 2. The van der Waals surface area contributed by atoms with Gasteiger partial charge in [-0.05, 0) is 56.4 Å². The number of benzene rings is 2. The van der Waals surface area contributed by atoms with Crippen LogP contribution in [0.15, 0.2) is 70.1 Å². The molecule has 1 atom stereocenters. The first-order chi connectivity index (χ1) is 17.2. The zero-order chi connectivity index (χ0) is 24.0. The molecule has 7 nitrogen and oxygen atoms in total. The fourth-order valence-corrected chi connectivity index (χ4v) is 5.29. The van der Waals surface area contributed by atoms with Crippen molar-refractivity contribution in [3.63, 3.8) is 0 Å². The van der Waals surface area contributed by atoms with E-state index >= 15 is 0 Å². The van der Waals surface area contributed by atoms with E-state index < -0.39 is 0 Å². The van der Waals surface area contributed by atoms with E-state index in [1.165, 1.54) is 30.2 Å². The maximum Gasteiger partial charge on any atom is 0.262 e. The van der Waals surface area contributed by atoms with Crippen molar-refractivity contribution in [3.8, 4) is 11.5 Å². The highest BCUT2D eigenvalue weighted by atomic mass is 32.2. The van der Waals surface area contributed by atoms with Gasteiger partial charge in [-0.2, -0.15) is 0 Å². The van der Waals surface area contributed by atoms with Gasteiger partial charge in [-0.1, -0.05) is 47.7 Å². The highest BCUT2D eigenvalue weighted by Crippen LogP contribution is 2.31. The van der Waals surface area contributed by atoms with E-state index in [0.29, 0.717) is 40.7 Å². The number of rotatable bonds is 8. The number of fused-ring (bicyclic) bond motifs is 2. The topological polar surface area (TPSA) is 82.5 Å². The van der Waals surface area contributed by atoms with Crippen molar-refractivity contribution < 1.29 is 14.3 Å². The van der Waals surface area contributed by atoms with Crippen molar-refractivity contribution in [2.24, 2.45) is 0 Å². The number of hydrogen-bond acceptors (Lipinski definition) is 6. The van der Waals surface area contributed by atoms with E-state index in [2.05, 4.69) is 11.4 Å². The van der Waals surface area contributed by atoms with Crippen LogP contribution >= 0.6 is 11.8 Å². The smallest absolute Gasteiger partial charge is 0.262 e. The van der Waals surface area contributed by atoms with E-state index in [1.807, 2.05) is 42.5 Å². The molecule has 0 saturated carbocycles. The second-order valence-corrected chi connectivity index (χ2v) is 9.76. The minimum atomic E-state index is -0.345. The van der Waals surface area contributed by atoms with Crippen LogP contribution in [0.25, 0.3) is 10.9 Å². The molecule has 0 radical (unpaired) electrons. The molecule has 0 fully saturated rings. The van der Waals surface area contributed by atoms with Crippen LogP contribution in [0.4, 0.5) is 0 Å². The second-order valence-electron chi connectivity index (χ2n) is 8.82. The molecule has 1 aliphatic heterocycles. The second kappa shape index (κ2) is 11.0. The molecule has 1 aromatic heterocycles. The Bertz CT molecular complexity index is 1300. The van der Waals surface area contributed by atoms with Crippen LogP contribution in [0.5, 0.6) is 11.5 Å². The van der Waals surface area contributed by atoms with Gasteiger partial charge in [0.2, 0.25) is 5.91 Å². The number of hydrogen-bond donors (Lipinski definition) is 1. The third kappa shape index (κ3) is 5.70. The molecule has 0 bridgehead atoms. The Morgan fingerprint density at radius 2 is 1.94 bits per heavy atom. The average Bonchev–Trinajstić information content (AvgIpc) is 2.90. The van der Waals surface area contributed by atoms with Gasteiger partial charge in [0, 0.05) is 6.54 Å². The summed E-state index contributed by atoms with van der Waals surface area (Å²) in [6.45, 7) is 1.25. The fourth-order valence-electron chi connectivity index (χ4n) is 4.45. The number of carbonyl (C=O) groups is 1. The fraction of sp³-hybridized carbons (Fsp3) is 0.370. The molecule has 1 amide bonds. The van der Waals surface area contributed by atoms with Crippen LogP contribution in [0.3, 0.4) is 0 Å². The van der Waals surface area contributed by atoms with Crippen LogP contribution in [0, 0.1) is 0 Å².